The number of nitrogens with zero attached hydrogens (tertiary/aromatic N) is 5. The summed E-state index contributed by atoms with van der Waals surface area (Å²) in [4.78, 5) is 16.4. The number of benzene rings is 1. The van der Waals surface area contributed by atoms with Crippen molar-refractivity contribution in [1.29, 1.82) is 0 Å². The number of methoxy groups -OCH3 is 1. The van der Waals surface area contributed by atoms with Crippen LogP contribution in [-0.2, 0) is 11.3 Å². The van der Waals surface area contributed by atoms with Gasteiger partial charge in [0.1, 0.15) is 11.6 Å². The quantitative estimate of drug-likeness (QED) is 0.635. The fraction of sp³-hybridized carbons (Fsp3) is 0.545. The van der Waals surface area contributed by atoms with E-state index in [0.717, 1.165) is 80.8 Å². The molecular weight excluding hydrogens is 446 g/mol. The predicted octanol–water partition coefficient (Wildman–Crippen LogP) is 3.19. The molecule has 2 saturated heterocycles. The summed E-state index contributed by atoms with van der Waals surface area (Å²) in [5, 5.41) is 0. The highest BCUT2D eigenvalue weighted by atomic mass is 79.9. The second-order valence-corrected chi connectivity index (χ2v) is 8.76. The van der Waals surface area contributed by atoms with E-state index in [4.69, 9.17) is 14.5 Å². The molecule has 0 N–H and O–H groups in total. The zero-order valence-electron chi connectivity index (χ0n) is 17.8. The topological polar surface area (TPSA) is 54.0 Å². The molecule has 1 aromatic carbocycles. The van der Waals surface area contributed by atoms with Gasteiger partial charge in [-0.3, -0.25) is 4.90 Å². The van der Waals surface area contributed by atoms with E-state index in [9.17, 15) is 0 Å². The van der Waals surface area contributed by atoms with Gasteiger partial charge in [-0.15, -0.1) is 0 Å². The summed E-state index contributed by atoms with van der Waals surface area (Å²) in [5.74, 6) is 2.69. The lowest BCUT2D eigenvalue weighted by Crippen LogP contribution is -2.43. The van der Waals surface area contributed by atoms with Crippen molar-refractivity contribution in [3.63, 3.8) is 0 Å². The minimum absolute atomic E-state index is 0.497. The molecule has 0 saturated carbocycles. The Morgan fingerprint density at radius 1 is 1.17 bits per heavy atom. The molecular formula is C22H30BrN5O2. The van der Waals surface area contributed by atoms with E-state index in [-0.39, 0.29) is 0 Å². The molecule has 2 fully saturated rings. The highest BCUT2D eigenvalue weighted by molar-refractivity contribution is 9.10. The second kappa shape index (κ2) is 9.94. The Morgan fingerprint density at radius 3 is 2.63 bits per heavy atom. The highest BCUT2D eigenvalue weighted by Crippen LogP contribution is 2.27. The molecule has 0 unspecified atom stereocenters. The third kappa shape index (κ3) is 5.04. The molecule has 0 atom stereocenters. The van der Waals surface area contributed by atoms with Gasteiger partial charge in [-0.1, -0.05) is 6.07 Å². The van der Waals surface area contributed by atoms with Crippen LogP contribution in [-0.4, -0.2) is 74.5 Å². The van der Waals surface area contributed by atoms with Crippen LogP contribution in [0.25, 0.3) is 0 Å². The maximum atomic E-state index is 5.44. The summed E-state index contributed by atoms with van der Waals surface area (Å²) < 4.78 is 11.8. The molecule has 1 aromatic heterocycles. The Bertz CT molecular complexity index is 838. The summed E-state index contributed by atoms with van der Waals surface area (Å²) in [5.41, 5.74) is 1.31. The van der Waals surface area contributed by atoms with Crippen molar-refractivity contribution in [3.8, 4) is 5.75 Å². The second-order valence-electron chi connectivity index (χ2n) is 7.90. The van der Waals surface area contributed by atoms with Crippen molar-refractivity contribution in [2.75, 3.05) is 63.4 Å². The summed E-state index contributed by atoms with van der Waals surface area (Å²) in [6, 6.07) is 8.85. The van der Waals surface area contributed by atoms with Crippen LogP contribution < -0.4 is 14.5 Å². The lowest BCUT2D eigenvalue weighted by Gasteiger charge is -2.37. The third-order valence-corrected chi connectivity index (χ3v) is 6.63. The number of halogens is 1. The van der Waals surface area contributed by atoms with Gasteiger partial charge < -0.3 is 19.3 Å². The van der Waals surface area contributed by atoms with E-state index >= 15 is 0 Å². The smallest absolute Gasteiger partial charge is 0.227 e. The van der Waals surface area contributed by atoms with Crippen LogP contribution >= 0.6 is 15.9 Å². The van der Waals surface area contributed by atoms with Crippen LogP contribution in [0.1, 0.15) is 18.4 Å². The molecule has 2 aliphatic rings. The number of hydrogen-bond donors (Lipinski definition) is 0. The van der Waals surface area contributed by atoms with E-state index in [0.29, 0.717) is 6.04 Å². The Kier molecular flexibility index (Phi) is 7.07. The zero-order valence-corrected chi connectivity index (χ0v) is 19.3. The summed E-state index contributed by atoms with van der Waals surface area (Å²) in [7, 11) is 3.86. The van der Waals surface area contributed by atoms with Gasteiger partial charge in [-0.25, -0.2) is 4.98 Å². The summed E-state index contributed by atoms with van der Waals surface area (Å²) in [6.07, 6.45) is 4.13. The molecule has 0 amide bonds. The average Bonchev–Trinajstić information content (AvgIpc) is 2.80. The van der Waals surface area contributed by atoms with Gasteiger partial charge in [0, 0.05) is 52.0 Å². The minimum Gasteiger partial charge on any atom is -0.496 e. The Labute approximate surface area is 187 Å². The van der Waals surface area contributed by atoms with Crippen LogP contribution in [0.5, 0.6) is 5.75 Å². The first kappa shape index (κ1) is 21.3. The van der Waals surface area contributed by atoms with Crippen molar-refractivity contribution in [1.82, 2.24) is 14.9 Å². The van der Waals surface area contributed by atoms with Crippen LogP contribution in [0.3, 0.4) is 0 Å². The molecule has 2 aromatic rings. The number of aromatic nitrogens is 2. The number of hydrogen-bond acceptors (Lipinski definition) is 7. The largest absolute Gasteiger partial charge is 0.496 e. The van der Waals surface area contributed by atoms with Gasteiger partial charge in [-0.2, -0.15) is 4.98 Å². The molecule has 0 bridgehead atoms. The maximum Gasteiger partial charge on any atom is 0.227 e. The number of likely N-dealkylation sites (tertiary alicyclic amines) is 1. The Morgan fingerprint density at radius 2 is 1.93 bits per heavy atom. The van der Waals surface area contributed by atoms with E-state index in [1.165, 1.54) is 5.56 Å². The summed E-state index contributed by atoms with van der Waals surface area (Å²) >= 11 is 3.59. The fourth-order valence-electron chi connectivity index (χ4n) is 4.17. The molecule has 7 nitrogen and oxygen atoms in total. The zero-order chi connectivity index (χ0) is 20.9. The van der Waals surface area contributed by atoms with Gasteiger partial charge >= 0.3 is 0 Å². The van der Waals surface area contributed by atoms with Crippen LogP contribution in [0.4, 0.5) is 11.8 Å². The first-order valence-electron chi connectivity index (χ1n) is 10.6. The van der Waals surface area contributed by atoms with Gasteiger partial charge in [0.2, 0.25) is 5.95 Å². The van der Waals surface area contributed by atoms with Gasteiger partial charge in [0.25, 0.3) is 0 Å². The minimum atomic E-state index is 0.497. The molecule has 30 heavy (non-hydrogen) atoms. The molecule has 0 aliphatic carbocycles. The first-order chi connectivity index (χ1) is 14.6. The molecule has 0 radical (unpaired) electrons. The number of morpholine rings is 1. The van der Waals surface area contributed by atoms with Crippen molar-refractivity contribution < 1.29 is 9.47 Å². The van der Waals surface area contributed by atoms with E-state index in [2.05, 4.69) is 54.8 Å². The maximum absolute atomic E-state index is 5.44. The van der Waals surface area contributed by atoms with Crippen molar-refractivity contribution in [3.05, 3.63) is 40.5 Å². The number of ether oxygens (including phenoxy) is 2. The standard InChI is InChI=1S/C22H30BrN5O2/c1-26(21-5-8-24-22(25-21)28-11-13-30-14-12-28)18-6-9-27(10-7-18)16-17-3-4-20(29-2)19(23)15-17/h3-5,8,15,18H,6-7,9-14,16H2,1-2H3. The molecule has 8 heteroatoms. The van der Waals surface area contributed by atoms with Crippen LogP contribution in [0.2, 0.25) is 0 Å². The number of anilines is 2. The third-order valence-electron chi connectivity index (χ3n) is 6.01. The SMILES string of the molecule is COc1ccc(CN2CCC(N(C)c3ccnc(N4CCOCC4)n3)CC2)cc1Br. The lowest BCUT2D eigenvalue weighted by molar-refractivity contribution is 0.122. The van der Waals surface area contributed by atoms with E-state index in [1.807, 2.05) is 18.3 Å². The molecule has 162 valence electrons. The lowest BCUT2D eigenvalue weighted by atomic mass is 10.0. The number of rotatable bonds is 6. The van der Waals surface area contributed by atoms with Crippen LogP contribution in [0, 0.1) is 0 Å². The van der Waals surface area contributed by atoms with Crippen molar-refractivity contribution in [2.45, 2.75) is 25.4 Å². The van der Waals surface area contributed by atoms with Crippen molar-refractivity contribution in [2.24, 2.45) is 0 Å². The van der Waals surface area contributed by atoms with E-state index < -0.39 is 0 Å². The fourth-order valence-corrected chi connectivity index (χ4v) is 4.76. The van der Waals surface area contributed by atoms with Crippen molar-refractivity contribution >= 4 is 27.7 Å². The van der Waals surface area contributed by atoms with Gasteiger partial charge in [-0.05, 0) is 52.5 Å². The van der Waals surface area contributed by atoms with E-state index in [1.54, 1.807) is 7.11 Å². The highest BCUT2D eigenvalue weighted by Gasteiger charge is 2.24. The molecule has 0 spiro atoms. The molecule has 2 aliphatic heterocycles. The average molecular weight is 476 g/mol. The van der Waals surface area contributed by atoms with Gasteiger partial charge in [0.15, 0.2) is 0 Å². The Hall–Kier alpha value is -1.90. The summed E-state index contributed by atoms with van der Waals surface area (Å²) in [6.45, 7) is 6.33. The Balaban J connectivity index is 1.33. The monoisotopic (exact) mass is 475 g/mol. The van der Waals surface area contributed by atoms with Gasteiger partial charge in [0.05, 0.1) is 24.8 Å². The first-order valence-corrected chi connectivity index (χ1v) is 11.4. The van der Waals surface area contributed by atoms with Crippen LogP contribution in [0.15, 0.2) is 34.9 Å². The predicted molar refractivity (Wildman–Crippen MR) is 122 cm³/mol. The normalized spacial score (nSPS) is 18.4. The molecule has 4 rings (SSSR count). The molecule has 3 heterocycles. The number of piperidine rings is 1.